The number of amides is 2. The van der Waals surface area contributed by atoms with Gasteiger partial charge in [0.2, 0.25) is 10.0 Å². The summed E-state index contributed by atoms with van der Waals surface area (Å²) in [6, 6.07) is 3.46. The highest BCUT2D eigenvalue weighted by Gasteiger charge is 2.48. The number of rotatable bonds is 6. The van der Waals surface area contributed by atoms with Crippen LogP contribution < -0.4 is 15.0 Å². The molecule has 1 saturated carbocycles. The largest absolute Gasteiger partial charge is 0.496 e. The lowest BCUT2D eigenvalue weighted by Crippen LogP contribution is -2.50. The van der Waals surface area contributed by atoms with E-state index in [0.717, 1.165) is 37.1 Å². The van der Waals surface area contributed by atoms with Crippen molar-refractivity contribution in [2.75, 3.05) is 32.1 Å². The van der Waals surface area contributed by atoms with E-state index < -0.39 is 27.3 Å². The molecular weight excluding hydrogens is 544 g/mol. The van der Waals surface area contributed by atoms with E-state index in [9.17, 15) is 18.0 Å². The summed E-state index contributed by atoms with van der Waals surface area (Å²) in [5, 5.41) is 4.21. The van der Waals surface area contributed by atoms with Gasteiger partial charge < -0.3 is 14.8 Å². The number of aliphatic imine (C=N–C) groups is 1. The first-order valence-electron chi connectivity index (χ1n) is 14.4. The first kappa shape index (κ1) is 31.0. The minimum absolute atomic E-state index is 0.101. The molecule has 4 rings (SSSR count). The zero-order valence-corrected chi connectivity index (χ0v) is 26.1. The van der Waals surface area contributed by atoms with Crippen LogP contribution in [0.5, 0.6) is 5.75 Å². The second-order valence-corrected chi connectivity index (χ2v) is 14.4. The molecule has 11 heteroatoms. The maximum Gasteiger partial charge on any atom is 0.414 e. The van der Waals surface area contributed by atoms with Crippen molar-refractivity contribution >= 4 is 39.6 Å². The smallest absolute Gasteiger partial charge is 0.414 e. The summed E-state index contributed by atoms with van der Waals surface area (Å²) in [6.45, 7) is 9.91. The molecule has 2 fully saturated rings. The summed E-state index contributed by atoms with van der Waals surface area (Å²) >= 11 is 0. The van der Waals surface area contributed by atoms with Gasteiger partial charge in [0.15, 0.2) is 0 Å². The first-order chi connectivity index (χ1) is 19.1. The number of methoxy groups -OCH3 is 1. The normalized spacial score (nSPS) is 23.4. The Labute approximate surface area is 244 Å². The van der Waals surface area contributed by atoms with Crippen molar-refractivity contribution in [2.24, 2.45) is 16.8 Å². The van der Waals surface area contributed by atoms with Gasteiger partial charge in [0, 0.05) is 43.1 Å². The van der Waals surface area contributed by atoms with Crippen molar-refractivity contribution in [2.45, 2.75) is 84.3 Å². The minimum Gasteiger partial charge on any atom is -0.496 e. The summed E-state index contributed by atoms with van der Waals surface area (Å²) in [4.78, 5) is 31.8. The number of amidine groups is 1. The highest BCUT2D eigenvalue weighted by molar-refractivity contribution is 7.92. The Morgan fingerprint density at radius 3 is 2.39 bits per heavy atom. The molecule has 2 heterocycles. The first-order valence-corrected chi connectivity index (χ1v) is 15.9. The Balaban J connectivity index is 1.45. The van der Waals surface area contributed by atoms with Crippen LogP contribution in [0.4, 0.5) is 10.5 Å². The molecule has 0 bridgehead atoms. The third kappa shape index (κ3) is 6.94. The molecule has 2 aliphatic heterocycles. The summed E-state index contributed by atoms with van der Waals surface area (Å²) in [7, 11) is -0.648. The van der Waals surface area contributed by atoms with Crippen LogP contribution in [-0.4, -0.2) is 68.9 Å². The number of carbonyl (C=O) groups is 2. The SMILES string of the molecule is COc1cc(N(C)C(=O)OC(C)(C)C)cc(C)c1/C=C/S(=O)(=O)N1CCC2(CC1)N=C(C1CCC(C)CC1)NC2=O. The fourth-order valence-electron chi connectivity index (χ4n) is 5.72. The molecule has 2 amide bonds. The molecule has 0 unspecified atom stereocenters. The van der Waals surface area contributed by atoms with E-state index in [0.29, 0.717) is 35.8 Å². The molecule has 1 saturated heterocycles. The molecule has 41 heavy (non-hydrogen) atoms. The number of aryl methyl sites for hydroxylation is 1. The zero-order valence-electron chi connectivity index (χ0n) is 25.3. The van der Waals surface area contributed by atoms with Crippen molar-refractivity contribution in [3.8, 4) is 5.75 Å². The standard InChI is InChI=1S/C30H44N4O6S/c1-20-8-10-22(11-9-20)26-31-27(35)30(32-26)13-15-34(16-14-30)41(37,38)17-12-24-21(2)18-23(19-25(24)39-7)33(6)28(36)40-29(3,4)5/h12,17-20,22H,8-11,13-16H2,1-7H3,(H,31,32,35)/b17-12+. The van der Waals surface area contributed by atoms with Crippen LogP contribution in [0, 0.1) is 18.8 Å². The van der Waals surface area contributed by atoms with Crippen molar-refractivity contribution < 1.29 is 27.5 Å². The molecule has 1 spiro atoms. The second kappa shape index (κ2) is 11.8. The van der Waals surface area contributed by atoms with Crippen LogP contribution in [0.2, 0.25) is 0 Å². The van der Waals surface area contributed by atoms with Crippen LogP contribution >= 0.6 is 0 Å². The second-order valence-electron chi connectivity index (χ2n) is 12.6. The lowest BCUT2D eigenvalue weighted by molar-refractivity contribution is -0.125. The molecule has 10 nitrogen and oxygen atoms in total. The molecule has 0 aromatic heterocycles. The van der Waals surface area contributed by atoms with Crippen molar-refractivity contribution in [1.82, 2.24) is 9.62 Å². The summed E-state index contributed by atoms with van der Waals surface area (Å²) in [6.07, 6.45) is 6.06. The van der Waals surface area contributed by atoms with Crippen LogP contribution in [0.3, 0.4) is 0 Å². The predicted octanol–water partition coefficient (Wildman–Crippen LogP) is 4.86. The fourth-order valence-corrected chi connectivity index (χ4v) is 6.89. The van der Waals surface area contributed by atoms with E-state index in [2.05, 4.69) is 12.2 Å². The Kier molecular flexibility index (Phi) is 8.90. The number of hydrogen-bond acceptors (Lipinski definition) is 7. The van der Waals surface area contributed by atoms with Crippen LogP contribution in [-0.2, 0) is 19.6 Å². The zero-order chi connectivity index (χ0) is 30.2. The molecule has 0 atom stereocenters. The maximum absolute atomic E-state index is 13.3. The van der Waals surface area contributed by atoms with Crippen LogP contribution in [0.25, 0.3) is 6.08 Å². The van der Waals surface area contributed by atoms with E-state index in [1.807, 2.05) is 6.92 Å². The van der Waals surface area contributed by atoms with Gasteiger partial charge in [-0.15, -0.1) is 0 Å². The Hall–Kier alpha value is -2.92. The number of nitrogens with one attached hydrogen (secondary N) is 1. The minimum atomic E-state index is -3.75. The van der Waals surface area contributed by atoms with E-state index in [1.165, 1.54) is 27.8 Å². The average Bonchev–Trinajstić information content (AvgIpc) is 3.21. The number of hydrogen-bond donors (Lipinski definition) is 1. The number of ether oxygens (including phenoxy) is 2. The number of anilines is 1. The Morgan fingerprint density at radius 1 is 1.17 bits per heavy atom. The van der Waals surface area contributed by atoms with Gasteiger partial charge in [0.05, 0.1) is 12.8 Å². The van der Waals surface area contributed by atoms with Gasteiger partial charge in [0.25, 0.3) is 5.91 Å². The fraction of sp³-hybridized carbons (Fsp3) is 0.633. The molecule has 3 aliphatic rings. The monoisotopic (exact) mass is 588 g/mol. The molecule has 226 valence electrons. The number of carbonyl (C=O) groups excluding carboxylic acids is 2. The van der Waals surface area contributed by atoms with E-state index in [4.69, 9.17) is 14.5 Å². The topological polar surface area (TPSA) is 118 Å². The van der Waals surface area contributed by atoms with Gasteiger partial charge in [0.1, 0.15) is 22.7 Å². The Morgan fingerprint density at radius 2 is 1.80 bits per heavy atom. The average molecular weight is 589 g/mol. The highest BCUT2D eigenvalue weighted by Crippen LogP contribution is 2.36. The van der Waals surface area contributed by atoms with Gasteiger partial charge >= 0.3 is 6.09 Å². The number of piperidine rings is 1. The lowest BCUT2D eigenvalue weighted by atomic mass is 9.82. The highest BCUT2D eigenvalue weighted by atomic mass is 32.2. The predicted molar refractivity (Wildman–Crippen MR) is 161 cm³/mol. The van der Waals surface area contributed by atoms with E-state index >= 15 is 0 Å². The van der Waals surface area contributed by atoms with Gasteiger partial charge in [-0.1, -0.05) is 19.8 Å². The van der Waals surface area contributed by atoms with Crippen molar-refractivity contribution in [3.63, 3.8) is 0 Å². The molecule has 1 N–H and O–H groups in total. The number of benzene rings is 1. The summed E-state index contributed by atoms with van der Waals surface area (Å²) in [5.74, 6) is 2.12. The molecule has 0 radical (unpaired) electrons. The number of sulfonamides is 1. The van der Waals surface area contributed by atoms with Crippen molar-refractivity contribution in [3.05, 3.63) is 28.7 Å². The summed E-state index contributed by atoms with van der Waals surface area (Å²) in [5.41, 5.74) is 0.384. The van der Waals surface area contributed by atoms with Gasteiger partial charge in [-0.25, -0.2) is 13.2 Å². The van der Waals surface area contributed by atoms with Gasteiger partial charge in [-0.05, 0) is 77.0 Å². The molecule has 1 aliphatic carbocycles. The quantitative estimate of drug-likeness (QED) is 0.507. The lowest BCUT2D eigenvalue weighted by Gasteiger charge is -2.34. The third-order valence-corrected chi connectivity index (χ3v) is 9.89. The van der Waals surface area contributed by atoms with Crippen LogP contribution in [0.15, 0.2) is 22.5 Å². The maximum atomic E-state index is 13.3. The Bertz CT molecular complexity index is 1330. The van der Waals surface area contributed by atoms with Crippen molar-refractivity contribution in [1.29, 1.82) is 0 Å². The number of nitrogens with zero attached hydrogens (tertiary/aromatic N) is 3. The third-order valence-electron chi connectivity index (χ3n) is 8.33. The molecule has 1 aromatic rings. The molecular formula is C30H44N4O6S. The van der Waals surface area contributed by atoms with Crippen LogP contribution in [0.1, 0.15) is 77.3 Å². The summed E-state index contributed by atoms with van der Waals surface area (Å²) < 4.78 is 39.0. The van der Waals surface area contributed by atoms with E-state index in [-0.39, 0.29) is 24.9 Å². The molecule has 1 aromatic carbocycles. The van der Waals surface area contributed by atoms with Gasteiger partial charge in [-0.2, -0.15) is 4.31 Å². The van der Waals surface area contributed by atoms with Gasteiger partial charge in [-0.3, -0.25) is 14.7 Å². The van der Waals surface area contributed by atoms with E-state index in [1.54, 1.807) is 40.0 Å².